The summed E-state index contributed by atoms with van der Waals surface area (Å²) in [5.74, 6) is -0.713. The van der Waals surface area contributed by atoms with E-state index in [9.17, 15) is 4.79 Å². The lowest BCUT2D eigenvalue weighted by Gasteiger charge is -2.15. The number of carboxylic acid groups (broad SMARTS) is 1. The van der Waals surface area contributed by atoms with Crippen molar-refractivity contribution in [3.8, 4) is 0 Å². The highest BCUT2D eigenvalue weighted by atomic mass is 16.4. The highest BCUT2D eigenvalue weighted by Crippen LogP contribution is 2.39. The predicted octanol–water partition coefficient (Wildman–Crippen LogP) is 6.06. The summed E-state index contributed by atoms with van der Waals surface area (Å²) in [5.41, 5.74) is 4.79. The van der Waals surface area contributed by atoms with Crippen molar-refractivity contribution in [1.82, 2.24) is 0 Å². The van der Waals surface area contributed by atoms with Crippen LogP contribution in [0, 0.1) is 0 Å². The first kappa shape index (κ1) is 21.7. The number of allylic oxidation sites excluding steroid dienone is 2. The molecule has 0 aromatic heterocycles. The molecule has 4 heteroatoms. The molecule has 0 unspecified atom stereocenters. The van der Waals surface area contributed by atoms with Gasteiger partial charge in [-0.3, -0.25) is 9.79 Å². The summed E-state index contributed by atoms with van der Waals surface area (Å²) in [6.07, 6.45) is 10.0. The molecule has 0 fully saturated rings. The van der Waals surface area contributed by atoms with Crippen LogP contribution in [0.2, 0.25) is 0 Å². The van der Waals surface area contributed by atoms with Gasteiger partial charge in [0.1, 0.15) is 6.54 Å². The second-order valence-corrected chi connectivity index (χ2v) is 8.17. The maximum atomic E-state index is 10.7. The minimum atomic E-state index is -0.713. The number of carbonyl (C=O) groups is 1. The summed E-state index contributed by atoms with van der Waals surface area (Å²) >= 11 is 0. The van der Waals surface area contributed by atoms with Gasteiger partial charge in [0.2, 0.25) is 5.69 Å². The first-order valence-corrected chi connectivity index (χ1v) is 10.7. The molecular weight excluding hydrogens is 372 g/mol. The summed E-state index contributed by atoms with van der Waals surface area (Å²) in [7, 11) is 0. The second kappa shape index (κ2) is 10.1. The van der Waals surface area contributed by atoms with E-state index in [0.717, 1.165) is 37.9 Å². The number of benzene rings is 2. The minimum absolute atomic E-state index is 0.0648. The number of rotatable bonds is 10. The van der Waals surface area contributed by atoms with E-state index in [1.807, 2.05) is 36.5 Å². The smallest absolute Gasteiger partial charge is 0.303 e. The van der Waals surface area contributed by atoms with E-state index in [1.165, 1.54) is 17.0 Å². The Morgan fingerprint density at radius 3 is 2.53 bits per heavy atom. The van der Waals surface area contributed by atoms with Gasteiger partial charge in [-0.15, -0.1) is 0 Å². The normalized spacial score (nSPS) is 15.3. The highest BCUT2D eigenvalue weighted by molar-refractivity contribution is 6.03. The van der Waals surface area contributed by atoms with Crippen LogP contribution in [0.3, 0.4) is 0 Å². The lowest BCUT2D eigenvalue weighted by Crippen LogP contribution is -2.28. The third kappa shape index (κ3) is 5.32. The molecule has 1 aliphatic heterocycles. The average Bonchev–Trinajstić information content (AvgIpc) is 2.95. The topological polar surface area (TPSA) is 52.7 Å². The Labute approximate surface area is 179 Å². The van der Waals surface area contributed by atoms with Crippen LogP contribution in [0.1, 0.15) is 51.5 Å². The number of nitrogens with zero attached hydrogens (tertiary/aromatic N) is 2. The quantitative estimate of drug-likeness (QED) is 0.298. The molecule has 156 valence electrons. The van der Waals surface area contributed by atoms with Gasteiger partial charge in [0.05, 0.1) is 11.1 Å². The summed E-state index contributed by atoms with van der Waals surface area (Å²) in [6, 6.07) is 18.6. The first-order chi connectivity index (χ1) is 14.5. The Morgan fingerprint density at radius 1 is 1.03 bits per heavy atom. The summed E-state index contributed by atoms with van der Waals surface area (Å²) in [6.45, 7) is 5.44. The predicted molar refractivity (Wildman–Crippen MR) is 124 cm³/mol. The third-order valence-electron chi connectivity index (χ3n) is 5.59. The van der Waals surface area contributed by atoms with E-state index in [0.29, 0.717) is 0 Å². The Morgan fingerprint density at radius 2 is 1.77 bits per heavy atom. The van der Waals surface area contributed by atoms with Gasteiger partial charge in [-0.05, 0) is 38.8 Å². The molecule has 30 heavy (non-hydrogen) atoms. The van der Waals surface area contributed by atoms with Crippen molar-refractivity contribution >= 4 is 29.3 Å². The van der Waals surface area contributed by atoms with Crippen molar-refractivity contribution < 1.29 is 14.5 Å². The maximum Gasteiger partial charge on any atom is 0.303 e. The molecule has 2 aromatic carbocycles. The summed E-state index contributed by atoms with van der Waals surface area (Å²) in [5, 5.41) is 8.84. The average molecular weight is 404 g/mol. The van der Waals surface area contributed by atoms with Crippen LogP contribution < -0.4 is 0 Å². The van der Waals surface area contributed by atoms with Crippen LogP contribution in [-0.4, -0.2) is 34.1 Å². The molecule has 1 heterocycles. The molecule has 0 bridgehead atoms. The molecule has 1 aliphatic rings. The summed E-state index contributed by atoms with van der Waals surface area (Å²) < 4.78 is 2.40. The molecule has 0 saturated heterocycles. The Balaban J connectivity index is 1.73. The van der Waals surface area contributed by atoms with Gasteiger partial charge in [-0.1, -0.05) is 42.5 Å². The molecular formula is C26H31N2O2+. The molecule has 0 atom stereocenters. The monoisotopic (exact) mass is 403 g/mol. The van der Waals surface area contributed by atoms with Gasteiger partial charge in [0, 0.05) is 43.2 Å². The van der Waals surface area contributed by atoms with Crippen LogP contribution in [0.4, 0.5) is 11.4 Å². The first-order valence-electron chi connectivity index (χ1n) is 10.7. The van der Waals surface area contributed by atoms with E-state index in [4.69, 9.17) is 5.11 Å². The van der Waals surface area contributed by atoms with E-state index in [-0.39, 0.29) is 11.8 Å². The molecule has 2 aromatic rings. The van der Waals surface area contributed by atoms with Gasteiger partial charge >= 0.3 is 5.97 Å². The molecule has 0 spiro atoms. The van der Waals surface area contributed by atoms with Gasteiger partial charge in [0.15, 0.2) is 5.71 Å². The number of hydrogen-bond donors (Lipinski definition) is 1. The zero-order chi connectivity index (χ0) is 21.4. The number of hydrogen-bond acceptors (Lipinski definition) is 2. The Bertz CT molecular complexity index is 956. The Kier molecular flexibility index (Phi) is 7.34. The number of aliphatic imine (C=N–C) groups is 1. The number of para-hydroxylation sites is 2. The van der Waals surface area contributed by atoms with Crippen LogP contribution in [-0.2, 0) is 10.2 Å². The lowest BCUT2D eigenvalue weighted by molar-refractivity contribution is -0.438. The van der Waals surface area contributed by atoms with Gasteiger partial charge in [0.25, 0.3) is 0 Å². The highest BCUT2D eigenvalue weighted by Gasteiger charge is 2.43. The van der Waals surface area contributed by atoms with Gasteiger partial charge in [-0.25, -0.2) is 0 Å². The number of carboxylic acids is 1. The zero-order valence-corrected chi connectivity index (χ0v) is 17.9. The molecule has 0 aliphatic carbocycles. The van der Waals surface area contributed by atoms with E-state index >= 15 is 0 Å². The lowest BCUT2D eigenvalue weighted by atomic mass is 9.81. The van der Waals surface area contributed by atoms with Crippen molar-refractivity contribution in [3.63, 3.8) is 0 Å². The standard InChI is InChI=1S/C26H30N2O2/c1-26(2)22-15-8-9-16-23(22)28(20-12-4-7-18-25(29)30)24(26)17-10-11-19-27-21-13-5-3-6-14-21/h3,5-6,8-10,13-17,19H,4,7,11-12,18,20H2,1-2H3/p+1. The third-order valence-corrected chi connectivity index (χ3v) is 5.59. The van der Waals surface area contributed by atoms with Crippen LogP contribution in [0.5, 0.6) is 0 Å². The fraction of sp³-hybridized carbons (Fsp3) is 0.346. The van der Waals surface area contributed by atoms with Gasteiger partial charge < -0.3 is 5.11 Å². The minimum Gasteiger partial charge on any atom is -0.481 e. The van der Waals surface area contributed by atoms with Crippen molar-refractivity contribution in [2.45, 2.75) is 51.4 Å². The fourth-order valence-electron chi connectivity index (χ4n) is 4.02. The molecule has 0 amide bonds. The SMILES string of the molecule is CC1(C)C(C=CCC=Nc2ccccc2)=[N+](CCCCCC(=O)O)c2ccccc21. The molecule has 0 saturated carbocycles. The Hall–Kier alpha value is -3.01. The van der Waals surface area contributed by atoms with Gasteiger partial charge in [-0.2, -0.15) is 4.58 Å². The fourth-order valence-corrected chi connectivity index (χ4v) is 4.02. The van der Waals surface area contributed by atoms with Crippen LogP contribution in [0.25, 0.3) is 0 Å². The van der Waals surface area contributed by atoms with E-state index in [1.54, 1.807) is 0 Å². The second-order valence-electron chi connectivity index (χ2n) is 8.17. The van der Waals surface area contributed by atoms with Crippen LogP contribution >= 0.6 is 0 Å². The number of unbranched alkanes of at least 4 members (excludes halogenated alkanes) is 2. The van der Waals surface area contributed by atoms with Crippen molar-refractivity contribution in [2.75, 3.05) is 6.54 Å². The molecule has 0 radical (unpaired) electrons. The van der Waals surface area contributed by atoms with Crippen molar-refractivity contribution in [2.24, 2.45) is 4.99 Å². The molecule has 1 N–H and O–H groups in total. The molecule has 4 nitrogen and oxygen atoms in total. The maximum absolute atomic E-state index is 10.7. The molecule has 3 rings (SSSR count). The van der Waals surface area contributed by atoms with Crippen molar-refractivity contribution in [1.29, 1.82) is 0 Å². The zero-order valence-electron chi connectivity index (χ0n) is 17.9. The number of fused-ring (bicyclic) bond motifs is 1. The van der Waals surface area contributed by atoms with E-state index < -0.39 is 5.97 Å². The van der Waals surface area contributed by atoms with E-state index in [2.05, 4.69) is 59.8 Å². The number of aliphatic carboxylic acids is 1. The van der Waals surface area contributed by atoms with Crippen molar-refractivity contribution in [3.05, 3.63) is 72.3 Å². The largest absolute Gasteiger partial charge is 0.481 e. The van der Waals surface area contributed by atoms with Crippen LogP contribution in [0.15, 0.2) is 71.7 Å². The summed E-state index contributed by atoms with van der Waals surface area (Å²) in [4.78, 5) is 15.2.